The summed E-state index contributed by atoms with van der Waals surface area (Å²) in [5, 5.41) is 8.54. The Labute approximate surface area is 143 Å². The molecule has 0 bridgehead atoms. The van der Waals surface area contributed by atoms with Crippen molar-refractivity contribution < 1.29 is 7.54 Å². The number of fused-ring (bicyclic) bond motifs is 1. The number of benzene rings is 2. The van der Waals surface area contributed by atoms with Crippen LogP contribution in [0.25, 0.3) is 16.6 Å². The van der Waals surface area contributed by atoms with Gasteiger partial charge in [-0.15, -0.1) is 0 Å². The van der Waals surface area contributed by atoms with Crippen LogP contribution in [0.4, 0.5) is 0 Å². The van der Waals surface area contributed by atoms with Crippen LogP contribution in [0.1, 0.15) is 37.4 Å². The van der Waals surface area contributed by atoms with Crippen LogP contribution in [-0.4, -0.2) is 28.8 Å². The van der Waals surface area contributed by atoms with Crippen molar-refractivity contribution in [3.8, 4) is 5.69 Å². The number of piperidine rings is 1. The second-order valence-electron chi connectivity index (χ2n) is 6.05. The fraction of sp³-hybridized carbons (Fsp3) is 0.263. The van der Waals surface area contributed by atoms with Gasteiger partial charge in [0.2, 0.25) is 0 Å². The van der Waals surface area contributed by atoms with Gasteiger partial charge < -0.3 is 11.1 Å². The first kappa shape index (κ1) is 12.7. The molecule has 0 aliphatic carbocycles. The van der Waals surface area contributed by atoms with Gasteiger partial charge in [0.1, 0.15) is 5.52 Å². The first-order valence-corrected chi connectivity index (χ1v) is 8.02. The highest BCUT2D eigenvalue weighted by molar-refractivity contribution is 6.04. The Morgan fingerprint density at radius 3 is 2.88 bits per heavy atom. The molecular formula is C19H20N4O. The Kier molecular flexibility index (Phi) is 3.23. The lowest BCUT2D eigenvalue weighted by Gasteiger charge is -2.23. The molecule has 1 aromatic heterocycles. The molecule has 24 heavy (non-hydrogen) atoms. The van der Waals surface area contributed by atoms with Crippen molar-refractivity contribution in [2.24, 2.45) is 5.73 Å². The summed E-state index contributed by atoms with van der Waals surface area (Å²) in [6, 6.07) is 13.3. The molecule has 1 amide bonds. The van der Waals surface area contributed by atoms with E-state index in [0.717, 1.165) is 23.2 Å². The van der Waals surface area contributed by atoms with Gasteiger partial charge in [-0.2, -0.15) is 5.10 Å². The zero-order chi connectivity index (χ0) is 18.3. The molecule has 0 saturated carbocycles. The highest BCUT2D eigenvalue weighted by Crippen LogP contribution is 2.25. The van der Waals surface area contributed by atoms with E-state index in [1.807, 2.05) is 36.5 Å². The third-order valence-electron chi connectivity index (χ3n) is 4.46. The summed E-state index contributed by atoms with van der Waals surface area (Å²) in [5.41, 5.74) is 8.42. The summed E-state index contributed by atoms with van der Waals surface area (Å²) >= 11 is 0. The number of aromatic nitrogens is 2. The van der Waals surface area contributed by atoms with E-state index < -0.39 is 12.3 Å². The van der Waals surface area contributed by atoms with E-state index in [9.17, 15) is 4.79 Å². The van der Waals surface area contributed by atoms with Crippen LogP contribution in [0, 0.1) is 0 Å². The standard InChI is InChI=1S/C19H20N4O/c20-19(24)17-5-1-3-15-12-23(22-18(15)17)16-8-6-13(7-9-16)14-4-2-10-21-11-14/h1,3,5-9,12,14,21H,2,4,10-11H2,(H2,20,24)/t14-/m1/s1/i2D2. The van der Waals surface area contributed by atoms with Gasteiger partial charge in [0.05, 0.1) is 11.3 Å². The SMILES string of the molecule is [2H]C1([2H])CNC[C@H](c2ccc(-n3cc4cccc(C(N)=O)c4n3)cc2)C1. The van der Waals surface area contributed by atoms with Crippen molar-refractivity contribution in [2.45, 2.75) is 18.7 Å². The van der Waals surface area contributed by atoms with E-state index in [1.165, 1.54) is 0 Å². The molecule has 1 atom stereocenters. The van der Waals surface area contributed by atoms with Gasteiger partial charge in [-0.05, 0) is 49.0 Å². The molecule has 3 N–H and O–H groups in total. The van der Waals surface area contributed by atoms with Gasteiger partial charge in [0.15, 0.2) is 0 Å². The highest BCUT2D eigenvalue weighted by atomic mass is 16.1. The minimum Gasteiger partial charge on any atom is -0.366 e. The maximum Gasteiger partial charge on any atom is 0.250 e. The van der Waals surface area contributed by atoms with Crippen LogP contribution < -0.4 is 11.1 Å². The molecule has 122 valence electrons. The molecule has 1 saturated heterocycles. The van der Waals surface area contributed by atoms with Crippen molar-refractivity contribution in [3.05, 3.63) is 59.8 Å². The maximum atomic E-state index is 11.6. The first-order valence-electron chi connectivity index (χ1n) is 9.02. The van der Waals surface area contributed by atoms with E-state index in [0.29, 0.717) is 24.0 Å². The Bertz CT molecular complexity index is 965. The lowest BCUT2D eigenvalue weighted by molar-refractivity contribution is 0.100. The maximum absolute atomic E-state index is 11.6. The Morgan fingerprint density at radius 1 is 1.29 bits per heavy atom. The summed E-state index contributed by atoms with van der Waals surface area (Å²) in [6.07, 6.45) is 1.22. The lowest BCUT2D eigenvalue weighted by atomic mass is 9.92. The number of amides is 1. The Balaban J connectivity index is 1.64. The zero-order valence-corrected chi connectivity index (χ0v) is 13.2. The van der Waals surface area contributed by atoms with Crippen molar-refractivity contribution >= 4 is 16.8 Å². The van der Waals surface area contributed by atoms with Crippen LogP contribution in [0.3, 0.4) is 0 Å². The number of carbonyl (C=O) groups excluding carboxylic acids is 1. The summed E-state index contributed by atoms with van der Waals surface area (Å²) in [6.45, 7) is 1.19. The molecule has 0 radical (unpaired) electrons. The van der Waals surface area contributed by atoms with Crippen molar-refractivity contribution in [1.29, 1.82) is 0 Å². The molecule has 4 rings (SSSR count). The number of nitrogens with zero attached hydrogens (tertiary/aromatic N) is 2. The van der Waals surface area contributed by atoms with E-state index in [4.69, 9.17) is 8.48 Å². The number of hydrogen-bond acceptors (Lipinski definition) is 3. The van der Waals surface area contributed by atoms with Crippen molar-refractivity contribution in [3.63, 3.8) is 0 Å². The molecule has 2 aromatic carbocycles. The molecular weight excluding hydrogens is 300 g/mol. The number of nitrogens with one attached hydrogen (secondary N) is 1. The molecule has 1 aliphatic heterocycles. The number of hydrogen-bond donors (Lipinski definition) is 2. The van der Waals surface area contributed by atoms with Crippen LogP contribution in [0.2, 0.25) is 0 Å². The van der Waals surface area contributed by atoms with Crippen LogP contribution in [0.15, 0.2) is 48.7 Å². The van der Waals surface area contributed by atoms with Crippen LogP contribution >= 0.6 is 0 Å². The Hall–Kier alpha value is -2.66. The first-order chi connectivity index (χ1) is 12.4. The molecule has 5 nitrogen and oxygen atoms in total. The van der Waals surface area contributed by atoms with E-state index in [1.54, 1.807) is 16.8 Å². The molecule has 5 heteroatoms. The van der Waals surface area contributed by atoms with E-state index >= 15 is 0 Å². The van der Waals surface area contributed by atoms with Gasteiger partial charge in [-0.1, -0.05) is 24.3 Å². The van der Waals surface area contributed by atoms with E-state index in [2.05, 4.69) is 10.4 Å². The third-order valence-corrected chi connectivity index (χ3v) is 4.46. The van der Waals surface area contributed by atoms with Crippen LogP contribution in [-0.2, 0) is 0 Å². The average Bonchev–Trinajstić information content (AvgIpc) is 3.05. The molecule has 0 spiro atoms. The predicted molar refractivity (Wildman–Crippen MR) is 94.4 cm³/mol. The topological polar surface area (TPSA) is 72.9 Å². The summed E-state index contributed by atoms with van der Waals surface area (Å²) in [7, 11) is 0. The minimum absolute atomic E-state index is 0.158. The predicted octanol–water partition coefficient (Wildman–Crippen LogP) is 2.59. The second-order valence-corrected chi connectivity index (χ2v) is 6.05. The zero-order valence-electron chi connectivity index (χ0n) is 15.2. The third kappa shape index (κ3) is 2.67. The lowest BCUT2D eigenvalue weighted by Crippen LogP contribution is -2.28. The summed E-state index contributed by atoms with van der Waals surface area (Å²) in [4.78, 5) is 11.6. The molecule has 1 fully saturated rings. The van der Waals surface area contributed by atoms with Gasteiger partial charge in [0.25, 0.3) is 5.91 Å². The van der Waals surface area contributed by atoms with Crippen molar-refractivity contribution in [2.75, 3.05) is 13.1 Å². The molecule has 0 unspecified atom stereocenters. The highest BCUT2D eigenvalue weighted by Gasteiger charge is 2.15. The smallest absolute Gasteiger partial charge is 0.250 e. The minimum atomic E-state index is -1.17. The number of nitrogens with two attached hydrogens (primary N) is 1. The van der Waals surface area contributed by atoms with Crippen LogP contribution in [0.5, 0.6) is 0 Å². The largest absolute Gasteiger partial charge is 0.366 e. The summed E-state index contributed by atoms with van der Waals surface area (Å²) < 4.78 is 17.6. The van der Waals surface area contributed by atoms with Crippen molar-refractivity contribution in [1.82, 2.24) is 15.1 Å². The van der Waals surface area contributed by atoms with Gasteiger partial charge in [0, 0.05) is 20.9 Å². The number of rotatable bonds is 3. The van der Waals surface area contributed by atoms with E-state index in [-0.39, 0.29) is 5.92 Å². The number of primary amides is 1. The second kappa shape index (κ2) is 6.09. The van der Waals surface area contributed by atoms with Gasteiger partial charge >= 0.3 is 0 Å². The fourth-order valence-electron chi connectivity index (χ4n) is 3.16. The molecule has 3 aromatic rings. The molecule has 2 heterocycles. The average molecular weight is 322 g/mol. The quantitative estimate of drug-likeness (QED) is 0.778. The van der Waals surface area contributed by atoms with Gasteiger partial charge in [-0.25, -0.2) is 4.68 Å². The van der Waals surface area contributed by atoms with Gasteiger partial charge in [-0.3, -0.25) is 4.79 Å². The molecule has 1 aliphatic rings. The summed E-state index contributed by atoms with van der Waals surface area (Å²) in [5.74, 6) is -0.332. The monoisotopic (exact) mass is 322 g/mol. The normalized spacial score (nSPS) is 21.2. The fourth-order valence-corrected chi connectivity index (χ4v) is 3.16. The number of carbonyl (C=O) groups is 1. The Morgan fingerprint density at radius 2 is 2.12 bits per heavy atom.